The third-order valence-electron chi connectivity index (χ3n) is 12.0. The van der Waals surface area contributed by atoms with Crippen molar-refractivity contribution in [2.45, 2.75) is 97.3 Å². The summed E-state index contributed by atoms with van der Waals surface area (Å²) in [5.41, 5.74) is 8.28. The maximum Gasteiger partial charge on any atom is 0.407 e. The molecule has 0 spiro atoms. The predicted molar refractivity (Wildman–Crippen MR) is 225 cm³/mol. The van der Waals surface area contributed by atoms with Crippen molar-refractivity contribution in [3.8, 4) is 33.6 Å². The van der Waals surface area contributed by atoms with Gasteiger partial charge in [-0.2, -0.15) is 0 Å². The first-order valence-corrected chi connectivity index (χ1v) is 20.9. The number of nitrogens with one attached hydrogen (secondary N) is 4. The molecule has 3 aliphatic rings. The summed E-state index contributed by atoms with van der Waals surface area (Å²) < 4.78 is 10.9. The van der Waals surface area contributed by atoms with Crippen LogP contribution in [-0.4, -0.2) is 97.0 Å². The van der Waals surface area contributed by atoms with E-state index in [1.165, 1.54) is 13.5 Å². The molecule has 4 amide bonds. The van der Waals surface area contributed by atoms with Crippen LogP contribution >= 0.6 is 0 Å². The summed E-state index contributed by atoms with van der Waals surface area (Å²) in [5.74, 6) is 0.800. The number of amides is 4. The minimum Gasteiger partial charge on any atom is -0.453 e. The zero-order chi connectivity index (χ0) is 42.2. The number of ether oxygens (including phenoxy) is 1. The van der Waals surface area contributed by atoms with E-state index < -0.39 is 18.2 Å². The highest BCUT2D eigenvalue weighted by Crippen LogP contribution is 2.45. The number of imidazole rings is 2. The third kappa shape index (κ3) is 7.43. The molecule has 8 rings (SSSR count). The van der Waals surface area contributed by atoms with Crippen LogP contribution in [0, 0.1) is 11.8 Å². The van der Waals surface area contributed by atoms with Crippen LogP contribution in [0.5, 0.6) is 0 Å². The summed E-state index contributed by atoms with van der Waals surface area (Å²) in [4.78, 5) is 81.5. The Morgan fingerprint density at radius 2 is 1.37 bits per heavy atom. The summed E-state index contributed by atoms with van der Waals surface area (Å²) >= 11 is 0. The first-order valence-electron chi connectivity index (χ1n) is 20.9. The fraction of sp³-hybridized carbons (Fsp3) is 0.455. The van der Waals surface area contributed by atoms with Crippen molar-refractivity contribution in [2.75, 3.05) is 20.2 Å². The summed E-state index contributed by atoms with van der Waals surface area (Å²) in [6.45, 7) is 10.6. The maximum atomic E-state index is 13.8. The van der Waals surface area contributed by atoms with E-state index >= 15 is 0 Å². The van der Waals surface area contributed by atoms with Crippen molar-refractivity contribution in [3.63, 3.8) is 0 Å². The Hall–Kier alpha value is -6.32. The predicted octanol–water partition coefficient (Wildman–Crippen LogP) is 6.79. The Kier molecular flexibility index (Phi) is 11.3. The molecule has 3 aromatic heterocycles. The molecule has 16 heteroatoms. The molecule has 16 nitrogen and oxygen atoms in total. The van der Waals surface area contributed by atoms with Gasteiger partial charge in [0.25, 0.3) is 0 Å². The minimum atomic E-state index is -0.715. The normalized spacial score (nSPS) is 18.4. The van der Waals surface area contributed by atoms with E-state index in [9.17, 15) is 19.2 Å². The van der Waals surface area contributed by atoms with Crippen molar-refractivity contribution in [2.24, 2.45) is 16.8 Å². The third-order valence-corrected chi connectivity index (χ3v) is 12.0. The molecule has 2 fully saturated rings. The highest BCUT2D eigenvalue weighted by Gasteiger charge is 2.39. The standard InChI is InChI=1S/C44H52N10O6/c1-7-34(55)51-35(23(2)3)42(56)53-18-8-11-33(53)41-47-21-31(50-41)29-15-14-28(39-38(29)48-22-60-39)26-13-12-25(27-16-17-45-37(26)27)30-20-46-40(49-30)32-10-9-19-54(32)43(57)36(24(4)5)52-44(58)59-6/h12-15,17,20-24,32-33,35-36H,7-11,16,18-19H2,1-6H3,(H,46,49)(H,47,50)(H,51,55)(H,52,58)/t32-,33-,35-,36-/m0/s1. The topological polar surface area (TPSA) is 204 Å². The van der Waals surface area contributed by atoms with Crippen LogP contribution in [-0.2, 0) is 25.5 Å². The number of aliphatic imine (C=N–C) groups is 1. The molecular weight excluding hydrogens is 765 g/mol. The number of nitrogens with zero attached hydrogens (tertiary/aromatic N) is 6. The largest absolute Gasteiger partial charge is 0.453 e. The molecule has 60 heavy (non-hydrogen) atoms. The highest BCUT2D eigenvalue weighted by molar-refractivity contribution is 6.03. The van der Waals surface area contributed by atoms with Gasteiger partial charge in [-0.3, -0.25) is 19.4 Å². The van der Waals surface area contributed by atoms with Gasteiger partial charge in [-0.25, -0.2) is 19.7 Å². The molecule has 314 valence electrons. The van der Waals surface area contributed by atoms with Crippen LogP contribution in [0.3, 0.4) is 0 Å². The van der Waals surface area contributed by atoms with E-state index in [1.807, 2.05) is 63.2 Å². The zero-order valence-electron chi connectivity index (χ0n) is 34.9. The number of aromatic amines is 2. The van der Waals surface area contributed by atoms with Crippen molar-refractivity contribution in [3.05, 3.63) is 60.3 Å². The number of carbonyl (C=O) groups is 4. The molecule has 4 N–H and O–H groups in total. The summed E-state index contributed by atoms with van der Waals surface area (Å²) in [7, 11) is 1.29. The molecule has 0 unspecified atom stereocenters. The number of fused-ring (bicyclic) bond motifs is 2. The lowest BCUT2D eigenvalue weighted by atomic mass is 9.93. The van der Waals surface area contributed by atoms with Gasteiger partial charge in [-0.1, -0.05) is 46.8 Å². The zero-order valence-corrected chi connectivity index (χ0v) is 34.9. The molecule has 4 atom stereocenters. The van der Waals surface area contributed by atoms with Gasteiger partial charge in [0, 0.05) is 54.4 Å². The van der Waals surface area contributed by atoms with E-state index in [1.54, 1.807) is 18.0 Å². The maximum absolute atomic E-state index is 13.8. The second-order valence-electron chi connectivity index (χ2n) is 16.4. The second kappa shape index (κ2) is 16.7. The van der Waals surface area contributed by atoms with E-state index in [0.717, 1.165) is 70.6 Å². The Morgan fingerprint density at radius 3 is 1.97 bits per heavy atom. The highest BCUT2D eigenvalue weighted by atomic mass is 16.5. The second-order valence-corrected chi connectivity index (χ2v) is 16.4. The summed E-state index contributed by atoms with van der Waals surface area (Å²) in [5, 5.41) is 5.63. The molecule has 2 aromatic carbocycles. The number of carbonyl (C=O) groups excluding carboxylic acids is 4. The number of aromatic nitrogens is 5. The molecule has 0 saturated carbocycles. The number of benzene rings is 2. The lowest BCUT2D eigenvalue weighted by Gasteiger charge is -2.30. The minimum absolute atomic E-state index is 0.0590. The van der Waals surface area contributed by atoms with Gasteiger partial charge in [0.2, 0.25) is 17.7 Å². The van der Waals surface area contributed by atoms with Gasteiger partial charge in [0.05, 0.1) is 48.7 Å². The summed E-state index contributed by atoms with van der Waals surface area (Å²) in [6, 6.07) is 6.31. The van der Waals surface area contributed by atoms with E-state index in [-0.39, 0.29) is 41.6 Å². The van der Waals surface area contributed by atoms with Crippen LogP contribution in [0.1, 0.15) is 96.0 Å². The number of rotatable bonds is 12. The average molecular weight is 817 g/mol. The lowest BCUT2D eigenvalue weighted by Crippen LogP contribution is -2.51. The molecule has 0 bridgehead atoms. The smallest absolute Gasteiger partial charge is 0.407 e. The number of hydrogen-bond acceptors (Lipinski definition) is 10. The van der Waals surface area contributed by atoms with Gasteiger partial charge < -0.3 is 39.6 Å². The van der Waals surface area contributed by atoms with E-state index in [2.05, 4.69) is 31.7 Å². The number of methoxy groups -OCH3 is 1. The molecule has 2 saturated heterocycles. The molecular formula is C44H52N10O6. The number of alkyl carbamates (subject to hydrolysis) is 1. The first kappa shape index (κ1) is 40.5. The molecule has 6 heterocycles. The Bertz CT molecular complexity index is 2460. The number of hydrogen-bond donors (Lipinski definition) is 4. The fourth-order valence-electron chi connectivity index (χ4n) is 8.83. The van der Waals surface area contributed by atoms with Gasteiger partial charge in [-0.05, 0) is 55.2 Å². The summed E-state index contributed by atoms with van der Waals surface area (Å²) in [6.07, 6.45) is 10.4. The number of oxazole rings is 1. The van der Waals surface area contributed by atoms with Crippen molar-refractivity contribution < 1.29 is 28.3 Å². The van der Waals surface area contributed by atoms with Crippen LogP contribution in [0.2, 0.25) is 0 Å². The molecule has 5 aromatic rings. The molecule has 0 aliphatic carbocycles. The Labute approximate surface area is 348 Å². The molecule has 3 aliphatic heterocycles. The van der Waals surface area contributed by atoms with E-state index in [0.29, 0.717) is 48.7 Å². The van der Waals surface area contributed by atoms with Crippen molar-refractivity contribution in [1.29, 1.82) is 0 Å². The molecule has 0 radical (unpaired) electrons. The fourth-order valence-corrected chi connectivity index (χ4v) is 8.83. The van der Waals surface area contributed by atoms with Gasteiger partial charge in [-0.15, -0.1) is 0 Å². The van der Waals surface area contributed by atoms with Gasteiger partial charge in [0.15, 0.2) is 12.0 Å². The van der Waals surface area contributed by atoms with Gasteiger partial charge in [0.1, 0.15) is 29.2 Å². The SMILES string of the molecule is CCC(=O)N[C@H](C(=O)N1CCC[C@H]1c1ncc(-c2ccc(-c3ccc(-c4cnc([C@@H]5CCCN5C(=O)[C@@H](NC(=O)OC)C(C)C)[nH]4)c4c3N=CC4)c3ocnc23)[nH]1)C(C)C. The van der Waals surface area contributed by atoms with Crippen LogP contribution < -0.4 is 10.6 Å². The monoisotopic (exact) mass is 816 g/mol. The lowest BCUT2D eigenvalue weighted by molar-refractivity contribution is -0.138. The van der Waals surface area contributed by atoms with E-state index in [4.69, 9.17) is 24.1 Å². The van der Waals surface area contributed by atoms with Crippen molar-refractivity contribution >= 4 is 46.8 Å². The number of likely N-dealkylation sites (tertiary alicyclic amines) is 2. The number of H-pyrrole nitrogens is 2. The van der Waals surface area contributed by atoms with Crippen LogP contribution in [0.4, 0.5) is 10.5 Å². The Morgan fingerprint density at radius 1 is 0.800 bits per heavy atom. The average Bonchev–Trinajstić information content (AvgIpc) is 4.10. The van der Waals surface area contributed by atoms with Gasteiger partial charge >= 0.3 is 6.09 Å². The van der Waals surface area contributed by atoms with Crippen molar-refractivity contribution in [1.82, 2.24) is 45.4 Å². The first-order chi connectivity index (χ1) is 29.0. The Balaban J connectivity index is 1.04. The van der Waals surface area contributed by atoms with Crippen LogP contribution in [0.15, 0.2) is 52.5 Å². The van der Waals surface area contributed by atoms with Crippen LogP contribution in [0.25, 0.3) is 44.7 Å². The quantitative estimate of drug-likeness (QED) is 0.105.